The van der Waals surface area contributed by atoms with E-state index >= 15 is 0 Å². The van der Waals surface area contributed by atoms with Gasteiger partial charge >= 0.3 is 0 Å². The van der Waals surface area contributed by atoms with Gasteiger partial charge in [-0.2, -0.15) is 9.40 Å². The van der Waals surface area contributed by atoms with Crippen LogP contribution in [0.2, 0.25) is 0 Å². The first-order chi connectivity index (χ1) is 10.1. The molecule has 3 heterocycles. The molecule has 0 saturated carbocycles. The summed E-state index contributed by atoms with van der Waals surface area (Å²) in [6.07, 6.45) is 7.02. The van der Waals surface area contributed by atoms with Gasteiger partial charge in [0.25, 0.3) is 10.0 Å². The molecule has 1 saturated heterocycles. The maximum absolute atomic E-state index is 12.5. The minimum Gasteiger partial charge on any atom is -0.276 e. The van der Waals surface area contributed by atoms with Crippen molar-refractivity contribution in [2.45, 2.75) is 23.8 Å². The summed E-state index contributed by atoms with van der Waals surface area (Å²) in [5.41, 5.74) is 1.19. The van der Waals surface area contributed by atoms with Gasteiger partial charge in [0.2, 0.25) is 0 Å². The first-order valence-corrected chi connectivity index (χ1v) is 8.41. The highest BCUT2D eigenvalue weighted by molar-refractivity contribution is 7.89. The average Bonchev–Trinajstić information content (AvgIpc) is 2.95. The molecule has 7 heteroatoms. The van der Waals surface area contributed by atoms with Crippen LogP contribution in [-0.4, -0.2) is 40.6 Å². The van der Waals surface area contributed by atoms with Gasteiger partial charge in [0.1, 0.15) is 0 Å². The van der Waals surface area contributed by atoms with Crippen molar-refractivity contribution in [3.05, 3.63) is 42.4 Å². The van der Waals surface area contributed by atoms with Crippen LogP contribution in [-0.2, 0) is 17.1 Å². The van der Waals surface area contributed by atoms with Crippen LogP contribution in [0, 0.1) is 0 Å². The van der Waals surface area contributed by atoms with Crippen molar-refractivity contribution >= 4 is 10.0 Å². The van der Waals surface area contributed by atoms with Crippen molar-refractivity contribution in [1.29, 1.82) is 0 Å². The van der Waals surface area contributed by atoms with E-state index in [1.54, 1.807) is 22.9 Å². The lowest BCUT2D eigenvalue weighted by atomic mass is 9.93. The summed E-state index contributed by atoms with van der Waals surface area (Å²) in [5, 5.41) is 4.31. The molecule has 6 nitrogen and oxygen atoms in total. The molecule has 0 bridgehead atoms. The third-order valence-corrected chi connectivity index (χ3v) is 5.71. The zero-order valence-electron chi connectivity index (χ0n) is 11.9. The molecule has 1 aliphatic rings. The van der Waals surface area contributed by atoms with Crippen molar-refractivity contribution in [2.75, 3.05) is 13.1 Å². The molecule has 3 rings (SSSR count). The lowest BCUT2D eigenvalue weighted by Crippen LogP contribution is -2.38. The molecule has 0 atom stereocenters. The predicted octanol–water partition coefficient (Wildman–Crippen LogP) is 1.38. The van der Waals surface area contributed by atoms with Crippen LogP contribution in [0.25, 0.3) is 0 Å². The van der Waals surface area contributed by atoms with Crippen LogP contribution in [0.1, 0.15) is 24.3 Å². The molecular weight excluding hydrogens is 288 g/mol. The Hall–Kier alpha value is -1.73. The third-order valence-electron chi connectivity index (χ3n) is 3.89. The smallest absolute Gasteiger partial charge is 0.260 e. The molecule has 0 N–H and O–H groups in total. The van der Waals surface area contributed by atoms with E-state index in [9.17, 15) is 8.42 Å². The van der Waals surface area contributed by atoms with E-state index < -0.39 is 10.0 Å². The van der Waals surface area contributed by atoms with E-state index in [2.05, 4.69) is 10.1 Å². The summed E-state index contributed by atoms with van der Waals surface area (Å²) in [5.74, 6) is 0.383. The highest BCUT2D eigenvalue weighted by Gasteiger charge is 2.30. The fourth-order valence-corrected chi connectivity index (χ4v) is 4.11. The first-order valence-electron chi connectivity index (χ1n) is 6.97. The highest BCUT2D eigenvalue weighted by Crippen LogP contribution is 2.29. The Bertz CT molecular complexity index is 704. The second-order valence-electron chi connectivity index (χ2n) is 5.29. The Morgan fingerprint density at radius 3 is 2.57 bits per heavy atom. The van der Waals surface area contributed by atoms with Crippen LogP contribution in [0.3, 0.4) is 0 Å². The number of nitrogens with zero attached hydrogens (tertiary/aromatic N) is 4. The Morgan fingerprint density at radius 1 is 1.24 bits per heavy atom. The molecule has 1 fully saturated rings. The summed E-state index contributed by atoms with van der Waals surface area (Å²) in [7, 11) is -1.57. The van der Waals surface area contributed by atoms with E-state index in [0.29, 0.717) is 19.0 Å². The summed E-state index contributed by atoms with van der Waals surface area (Å²) in [4.78, 5) is 3.96. The predicted molar refractivity (Wildman–Crippen MR) is 78.2 cm³/mol. The zero-order valence-corrected chi connectivity index (χ0v) is 12.7. The summed E-state index contributed by atoms with van der Waals surface area (Å²) in [6, 6.07) is 4.96. The largest absolute Gasteiger partial charge is 0.276 e. The van der Waals surface area contributed by atoms with E-state index in [1.807, 2.05) is 19.4 Å². The SMILES string of the molecule is Cn1cc(C2CCN(S(=O)(=O)c3ccccn3)CC2)cn1. The topological polar surface area (TPSA) is 68.1 Å². The minimum atomic E-state index is -3.46. The number of hydrogen-bond acceptors (Lipinski definition) is 4. The normalized spacial score (nSPS) is 18.0. The van der Waals surface area contributed by atoms with Gasteiger partial charge in [-0.05, 0) is 36.5 Å². The molecule has 1 aliphatic heterocycles. The Morgan fingerprint density at radius 2 is 2.00 bits per heavy atom. The van der Waals surface area contributed by atoms with Gasteiger partial charge in [-0.1, -0.05) is 6.07 Å². The minimum absolute atomic E-state index is 0.129. The number of hydrogen-bond donors (Lipinski definition) is 0. The van der Waals surface area contributed by atoms with Crippen LogP contribution in [0.5, 0.6) is 0 Å². The van der Waals surface area contributed by atoms with Gasteiger partial charge < -0.3 is 0 Å². The number of piperidine rings is 1. The van der Waals surface area contributed by atoms with Gasteiger partial charge in [-0.15, -0.1) is 0 Å². The second-order valence-corrected chi connectivity index (χ2v) is 7.18. The quantitative estimate of drug-likeness (QED) is 0.859. The second kappa shape index (κ2) is 5.57. The van der Waals surface area contributed by atoms with Gasteiger partial charge in [-0.25, -0.2) is 13.4 Å². The van der Waals surface area contributed by atoms with E-state index in [4.69, 9.17) is 0 Å². The monoisotopic (exact) mass is 306 g/mol. The molecular formula is C14H18N4O2S. The Kier molecular flexibility index (Phi) is 3.77. The van der Waals surface area contributed by atoms with Crippen molar-refractivity contribution in [1.82, 2.24) is 19.1 Å². The number of aryl methyl sites for hydroxylation is 1. The third kappa shape index (κ3) is 2.84. The van der Waals surface area contributed by atoms with Crippen molar-refractivity contribution in [3.8, 4) is 0 Å². The molecule has 2 aromatic heterocycles. The zero-order chi connectivity index (χ0) is 14.9. The molecule has 0 spiro atoms. The van der Waals surface area contributed by atoms with Crippen LogP contribution < -0.4 is 0 Å². The lowest BCUT2D eigenvalue weighted by molar-refractivity contribution is 0.318. The maximum atomic E-state index is 12.5. The molecule has 0 amide bonds. The lowest BCUT2D eigenvalue weighted by Gasteiger charge is -2.30. The average molecular weight is 306 g/mol. The fourth-order valence-electron chi connectivity index (χ4n) is 2.71. The Balaban J connectivity index is 1.71. The molecule has 0 aromatic carbocycles. The highest BCUT2D eigenvalue weighted by atomic mass is 32.2. The summed E-state index contributed by atoms with van der Waals surface area (Å²) < 4.78 is 28.3. The van der Waals surface area contributed by atoms with Crippen LogP contribution in [0.4, 0.5) is 0 Å². The maximum Gasteiger partial charge on any atom is 0.260 e. The number of rotatable bonds is 3. The van der Waals surface area contributed by atoms with Gasteiger partial charge in [0.15, 0.2) is 5.03 Å². The van der Waals surface area contributed by atoms with E-state index in [-0.39, 0.29) is 5.03 Å². The van der Waals surface area contributed by atoms with Crippen molar-refractivity contribution in [2.24, 2.45) is 7.05 Å². The number of sulfonamides is 1. The van der Waals surface area contributed by atoms with Gasteiger partial charge in [0, 0.05) is 32.5 Å². The Labute approximate surface area is 124 Å². The first kappa shape index (κ1) is 14.2. The van der Waals surface area contributed by atoms with E-state index in [0.717, 1.165) is 12.8 Å². The van der Waals surface area contributed by atoms with Crippen LogP contribution in [0.15, 0.2) is 41.8 Å². The van der Waals surface area contributed by atoms with Gasteiger partial charge in [0.05, 0.1) is 6.20 Å². The molecule has 21 heavy (non-hydrogen) atoms. The molecule has 112 valence electrons. The standard InChI is InChI=1S/C14H18N4O2S/c1-17-11-13(10-16-17)12-5-8-18(9-6-12)21(19,20)14-4-2-3-7-15-14/h2-4,7,10-12H,5-6,8-9H2,1H3. The molecule has 0 aliphatic carbocycles. The van der Waals surface area contributed by atoms with E-state index in [1.165, 1.54) is 16.1 Å². The fraction of sp³-hybridized carbons (Fsp3) is 0.429. The summed E-state index contributed by atoms with van der Waals surface area (Å²) in [6.45, 7) is 1.05. The summed E-state index contributed by atoms with van der Waals surface area (Å²) >= 11 is 0. The molecule has 2 aromatic rings. The van der Waals surface area contributed by atoms with Crippen LogP contribution >= 0.6 is 0 Å². The van der Waals surface area contributed by atoms with Crippen molar-refractivity contribution < 1.29 is 8.42 Å². The van der Waals surface area contributed by atoms with Crippen molar-refractivity contribution in [3.63, 3.8) is 0 Å². The molecule has 0 unspecified atom stereocenters. The molecule has 0 radical (unpaired) electrons. The number of pyridine rings is 1. The number of aromatic nitrogens is 3. The van der Waals surface area contributed by atoms with Gasteiger partial charge in [-0.3, -0.25) is 4.68 Å².